The number of rotatable bonds is 5. The zero-order valence-electron chi connectivity index (χ0n) is 11.3. The molecule has 0 saturated heterocycles. The van der Waals surface area contributed by atoms with Crippen molar-refractivity contribution in [2.45, 2.75) is 13.3 Å². The first-order chi connectivity index (χ1) is 9.28. The molecule has 0 unspecified atom stereocenters. The Morgan fingerprint density at radius 2 is 1.79 bits per heavy atom. The number of anilines is 1. The molecule has 2 aromatic rings. The molecule has 1 N–H and O–H groups in total. The molecule has 0 bridgehead atoms. The van der Waals surface area contributed by atoms with Crippen LogP contribution in [0.15, 0.2) is 30.6 Å². The van der Waals surface area contributed by atoms with Crippen LogP contribution in [0.2, 0.25) is 0 Å². The van der Waals surface area contributed by atoms with Crippen LogP contribution < -0.4 is 14.8 Å². The van der Waals surface area contributed by atoms with Crippen LogP contribution in [0.1, 0.15) is 12.5 Å². The summed E-state index contributed by atoms with van der Waals surface area (Å²) in [4.78, 5) is 8.37. The first-order valence-electron chi connectivity index (χ1n) is 6.12. The lowest BCUT2D eigenvalue weighted by atomic mass is 10.2. The van der Waals surface area contributed by atoms with Crippen molar-refractivity contribution in [2.75, 3.05) is 19.5 Å². The van der Waals surface area contributed by atoms with Crippen LogP contribution in [-0.2, 0) is 6.42 Å². The molecule has 1 aromatic heterocycles. The Labute approximate surface area is 112 Å². The van der Waals surface area contributed by atoms with Gasteiger partial charge in [0.25, 0.3) is 0 Å². The monoisotopic (exact) mass is 259 g/mol. The molecule has 0 aliphatic carbocycles. The molecule has 5 nitrogen and oxygen atoms in total. The van der Waals surface area contributed by atoms with Gasteiger partial charge in [-0.15, -0.1) is 0 Å². The van der Waals surface area contributed by atoms with Crippen molar-refractivity contribution < 1.29 is 9.47 Å². The van der Waals surface area contributed by atoms with E-state index in [1.165, 1.54) is 6.33 Å². The van der Waals surface area contributed by atoms with E-state index in [1.54, 1.807) is 7.11 Å². The van der Waals surface area contributed by atoms with Gasteiger partial charge in [-0.25, -0.2) is 9.97 Å². The molecule has 0 aliphatic heterocycles. The number of nitrogens with one attached hydrogen (secondary N) is 1. The zero-order valence-corrected chi connectivity index (χ0v) is 11.3. The Morgan fingerprint density at radius 1 is 1.11 bits per heavy atom. The molecular formula is C14H17N3O2. The second-order valence-corrected chi connectivity index (χ2v) is 3.89. The van der Waals surface area contributed by atoms with Crippen LogP contribution in [0.5, 0.6) is 17.4 Å². The van der Waals surface area contributed by atoms with Gasteiger partial charge >= 0.3 is 0 Å². The molecule has 19 heavy (non-hydrogen) atoms. The van der Waals surface area contributed by atoms with Crippen LogP contribution in [0, 0.1) is 0 Å². The number of aromatic nitrogens is 2. The second kappa shape index (κ2) is 6.04. The highest BCUT2D eigenvalue weighted by atomic mass is 16.5. The van der Waals surface area contributed by atoms with Gasteiger partial charge in [0, 0.05) is 7.05 Å². The molecular weight excluding hydrogens is 242 g/mol. The Morgan fingerprint density at radius 3 is 2.37 bits per heavy atom. The molecule has 0 saturated carbocycles. The highest BCUT2D eigenvalue weighted by Crippen LogP contribution is 2.28. The minimum atomic E-state index is 0.576. The van der Waals surface area contributed by atoms with Gasteiger partial charge in [-0.2, -0.15) is 0 Å². The van der Waals surface area contributed by atoms with E-state index in [9.17, 15) is 0 Å². The fraction of sp³-hybridized carbons (Fsp3) is 0.286. The lowest BCUT2D eigenvalue weighted by Gasteiger charge is -2.12. The zero-order chi connectivity index (χ0) is 13.7. The van der Waals surface area contributed by atoms with Gasteiger partial charge in [0.2, 0.25) is 5.88 Å². The number of nitrogens with zero attached hydrogens (tertiary/aromatic N) is 2. The number of hydrogen-bond donors (Lipinski definition) is 1. The standard InChI is InChI=1S/C14H17N3O2/c1-4-12-13(15-2)16-9-17-14(12)19-11-7-5-10(18-3)6-8-11/h5-9H,4H2,1-3H3,(H,15,16,17). The van der Waals surface area contributed by atoms with Crippen molar-refractivity contribution in [2.24, 2.45) is 0 Å². The summed E-state index contributed by atoms with van der Waals surface area (Å²) in [5.74, 6) is 2.88. The Balaban J connectivity index is 2.26. The van der Waals surface area contributed by atoms with Gasteiger partial charge in [0.05, 0.1) is 12.7 Å². The van der Waals surface area contributed by atoms with E-state index in [1.807, 2.05) is 38.2 Å². The van der Waals surface area contributed by atoms with Gasteiger partial charge < -0.3 is 14.8 Å². The molecule has 1 heterocycles. The topological polar surface area (TPSA) is 56.3 Å². The van der Waals surface area contributed by atoms with Crippen LogP contribution >= 0.6 is 0 Å². The third kappa shape index (κ3) is 2.93. The van der Waals surface area contributed by atoms with E-state index in [0.29, 0.717) is 5.88 Å². The predicted octanol–water partition coefficient (Wildman–Crippen LogP) is 2.88. The Bertz CT molecular complexity index is 541. The summed E-state index contributed by atoms with van der Waals surface area (Å²) in [7, 11) is 3.47. The van der Waals surface area contributed by atoms with E-state index in [-0.39, 0.29) is 0 Å². The Kier molecular flexibility index (Phi) is 4.18. The third-order valence-electron chi connectivity index (χ3n) is 2.77. The molecule has 2 rings (SSSR count). The maximum absolute atomic E-state index is 5.80. The fourth-order valence-electron chi connectivity index (χ4n) is 1.77. The highest BCUT2D eigenvalue weighted by molar-refractivity contribution is 5.49. The molecule has 0 amide bonds. The summed E-state index contributed by atoms with van der Waals surface area (Å²) in [5.41, 5.74) is 0.959. The number of benzene rings is 1. The van der Waals surface area contributed by atoms with Crippen LogP contribution in [0.25, 0.3) is 0 Å². The summed E-state index contributed by atoms with van der Waals surface area (Å²) in [6, 6.07) is 7.39. The lowest BCUT2D eigenvalue weighted by Crippen LogP contribution is -2.02. The Hall–Kier alpha value is -2.30. The van der Waals surface area contributed by atoms with Crippen molar-refractivity contribution in [3.05, 3.63) is 36.2 Å². The molecule has 5 heteroatoms. The first kappa shape index (κ1) is 13.1. The largest absolute Gasteiger partial charge is 0.497 e. The molecule has 0 fully saturated rings. The van der Waals surface area contributed by atoms with Crippen LogP contribution in [0.4, 0.5) is 5.82 Å². The predicted molar refractivity (Wildman–Crippen MR) is 74.0 cm³/mol. The average Bonchev–Trinajstić information content (AvgIpc) is 2.47. The minimum absolute atomic E-state index is 0.576. The van der Waals surface area contributed by atoms with E-state index in [2.05, 4.69) is 15.3 Å². The fourth-order valence-corrected chi connectivity index (χ4v) is 1.77. The lowest BCUT2D eigenvalue weighted by molar-refractivity contribution is 0.412. The van der Waals surface area contributed by atoms with E-state index < -0.39 is 0 Å². The number of methoxy groups -OCH3 is 1. The van der Waals surface area contributed by atoms with Gasteiger partial charge in [-0.1, -0.05) is 6.92 Å². The van der Waals surface area contributed by atoms with Crippen LogP contribution in [-0.4, -0.2) is 24.1 Å². The van der Waals surface area contributed by atoms with Crippen molar-refractivity contribution in [1.29, 1.82) is 0 Å². The summed E-state index contributed by atoms with van der Waals surface area (Å²) in [6.45, 7) is 2.04. The van der Waals surface area contributed by atoms with Crippen molar-refractivity contribution in [3.8, 4) is 17.4 Å². The number of ether oxygens (including phenoxy) is 2. The number of hydrogen-bond acceptors (Lipinski definition) is 5. The van der Waals surface area contributed by atoms with E-state index >= 15 is 0 Å². The third-order valence-corrected chi connectivity index (χ3v) is 2.77. The van der Waals surface area contributed by atoms with Crippen molar-refractivity contribution >= 4 is 5.82 Å². The van der Waals surface area contributed by atoms with Gasteiger partial charge in [0.15, 0.2) is 0 Å². The maximum atomic E-state index is 5.80. The molecule has 0 spiro atoms. The summed E-state index contributed by atoms with van der Waals surface area (Å²) >= 11 is 0. The summed E-state index contributed by atoms with van der Waals surface area (Å²) < 4.78 is 10.9. The molecule has 1 aromatic carbocycles. The minimum Gasteiger partial charge on any atom is -0.497 e. The van der Waals surface area contributed by atoms with Gasteiger partial charge in [-0.3, -0.25) is 0 Å². The first-order valence-corrected chi connectivity index (χ1v) is 6.12. The van der Waals surface area contributed by atoms with Gasteiger partial charge in [0.1, 0.15) is 23.6 Å². The quantitative estimate of drug-likeness (QED) is 0.894. The van der Waals surface area contributed by atoms with Gasteiger partial charge in [-0.05, 0) is 30.7 Å². The molecule has 0 aliphatic rings. The summed E-state index contributed by atoms with van der Waals surface area (Å²) in [5, 5.41) is 3.04. The average molecular weight is 259 g/mol. The van der Waals surface area contributed by atoms with E-state index in [4.69, 9.17) is 9.47 Å². The normalized spacial score (nSPS) is 10.1. The van der Waals surface area contributed by atoms with Crippen molar-refractivity contribution in [1.82, 2.24) is 9.97 Å². The van der Waals surface area contributed by atoms with Crippen LogP contribution in [0.3, 0.4) is 0 Å². The van der Waals surface area contributed by atoms with Crippen molar-refractivity contribution in [3.63, 3.8) is 0 Å². The molecule has 0 atom stereocenters. The highest BCUT2D eigenvalue weighted by Gasteiger charge is 2.10. The molecule has 0 radical (unpaired) electrons. The molecule has 100 valence electrons. The summed E-state index contributed by atoms with van der Waals surface area (Å²) in [6.07, 6.45) is 2.28. The van der Waals surface area contributed by atoms with E-state index in [0.717, 1.165) is 29.3 Å². The maximum Gasteiger partial charge on any atom is 0.227 e. The second-order valence-electron chi connectivity index (χ2n) is 3.89. The SMILES string of the molecule is CCc1c(NC)ncnc1Oc1ccc(OC)cc1. The smallest absolute Gasteiger partial charge is 0.227 e.